The Morgan fingerprint density at radius 2 is 2.14 bits per heavy atom. The van der Waals surface area contributed by atoms with Crippen LogP contribution in [0, 0.1) is 0 Å². The first-order chi connectivity index (χ1) is 14.1. The van der Waals surface area contributed by atoms with Crippen LogP contribution in [0.25, 0.3) is 11.0 Å². The molecule has 0 saturated heterocycles. The molecule has 0 unspecified atom stereocenters. The van der Waals surface area contributed by atoms with Crippen molar-refractivity contribution in [1.29, 1.82) is 0 Å². The lowest BCUT2D eigenvalue weighted by atomic mass is 9.96. The van der Waals surface area contributed by atoms with Crippen LogP contribution < -0.4 is 10.1 Å². The average molecular weight is 414 g/mol. The molecule has 0 saturated carbocycles. The summed E-state index contributed by atoms with van der Waals surface area (Å²) >= 11 is 1.26. The summed E-state index contributed by atoms with van der Waals surface area (Å²) < 4.78 is 16.5. The van der Waals surface area contributed by atoms with E-state index in [0.29, 0.717) is 23.2 Å². The number of rotatable bonds is 7. The van der Waals surface area contributed by atoms with E-state index in [2.05, 4.69) is 10.3 Å². The molecule has 1 amide bonds. The smallest absolute Gasteiger partial charge is 0.311 e. The second-order valence-corrected chi connectivity index (χ2v) is 7.69. The summed E-state index contributed by atoms with van der Waals surface area (Å²) in [5, 5.41) is 5.92. The highest BCUT2D eigenvalue weighted by atomic mass is 32.1. The molecule has 8 heteroatoms. The minimum atomic E-state index is -0.337. The van der Waals surface area contributed by atoms with Crippen molar-refractivity contribution in [3.05, 3.63) is 40.6 Å². The van der Waals surface area contributed by atoms with Gasteiger partial charge in [-0.2, -0.15) is 0 Å². The zero-order valence-corrected chi connectivity index (χ0v) is 17.0. The van der Waals surface area contributed by atoms with Crippen LogP contribution in [-0.2, 0) is 33.6 Å². The molecule has 0 fully saturated rings. The summed E-state index contributed by atoms with van der Waals surface area (Å²) in [7, 11) is 0. The van der Waals surface area contributed by atoms with E-state index in [4.69, 9.17) is 13.9 Å². The topological polar surface area (TPSA) is 90.7 Å². The molecule has 1 aromatic carbocycles. The number of anilines is 1. The van der Waals surface area contributed by atoms with Crippen molar-refractivity contribution in [3.63, 3.8) is 0 Å². The zero-order valence-electron chi connectivity index (χ0n) is 16.2. The molecule has 1 aliphatic rings. The molecular formula is C21H22N2O5S. The van der Waals surface area contributed by atoms with Gasteiger partial charge in [0.25, 0.3) is 5.91 Å². The predicted molar refractivity (Wildman–Crippen MR) is 109 cm³/mol. The van der Waals surface area contributed by atoms with Crippen molar-refractivity contribution in [1.82, 2.24) is 4.98 Å². The molecule has 2 aromatic heterocycles. The van der Waals surface area contributed by atoms with Gasteiger partial charge in [-0.15, -0.1) is 11.3 Å². The number of hydrogen-bond donors (Lipinski definition) is 1. The van der Waals surface area contributed by atoms with Crippen molar-refractivity contribution in [2.45, 2.75) is 39.0 Å². The van der Waals surface area contributed by atoms with Crippen LogP contribution in [0.5, 0.6) is 5.75 Å². The van der Waals surface area contributed by atoms with Gasteiger partial charge in [-0.05, 0) is 44.4 Å². The van der Waals surface area contributed by atoms with Gasteiger partial charge >= 0.3 is 5.97 Å². The Labute approximate surface area is 172 Å². The number of benzene rings is 1. The standard InChI is InChI=1S/C21H22N2O5S/c1-2-26-20(25)9-13-12-29-21(22-13)23-19(24)11-27-14-7-8-18-16(10-14)15-5-3-4-6-17(15)28-18/h7-8,10,12H,2-6,9,11H2,1H3,(H,22,23,24). The Morgan fingerprint density at radius 1 is 1.28 bits per heavy atom. The molecule has 0 bridgehead atoms. The third-order valence-electron chi connectivity index (χ3n) is 4.73. The van der Waals surface area contributed by atoms with E-state index in [-0.39, 0.29) is 24.9 Å². The maximum Gasteiger partial charge on any atom is 0.311 e. The van der Waals surface area contributed by atoms with Crippen LogP contribution >= 0.6 is 11.3 Å². The predicted octanol–water partition coefficient (Wildman–Crippen LogP) is 3.89. The number of amides is 1. The van der Waals surface area contributed by atoms with Crippen LogP contribution in [0.15, 0.2) is 28.0 Å². The number of aromatic nitrogens is 1. The highest BCUT2D eigenvalue weighted by Crippen LogP contribution is 2.33. The van der Waals surface area contributed by atoms with Gasteiger partial charge in [0.1, 0.15) is 17.1 Å². The lowest BCUT2D eigenvalue weighted by Crippen LogP contribution is -2.20. The van der Waals surface area contributed by atoms with Gasteiger partial charge in [-0.25, -0.2) is 4.98 Å². The fourth-order valence-electron chi connectivity index (χ4n) is 3.44. The number of thiazole rings is 1. The van der Waals surface area contributed by atoms with Gasteiger partial charge in [0.2, 0.25) is 0 Å². The first-order valence-electron chi connectivity index (χ1n) is 9.69. The molecule has 3 aromatic rings. The van der Waals surface area contributed by atoms with Gasteiger partial charge < -0.3 is 13.9 Å². The zero-order chi connectivity index (χ0) is 20.2. The van der Waals surface area contributed by atoms with Gasteiger partial charge in [-0.3, -0.25) is 14.9 Å². The Bertz CT molecular complexity index is 1040. The lowest BCUT2D eigenvalue weighted by molar-refractivity contribution is -0.142. The van der Waals surface area contributed by atoms with Gasteiger partial charge in [0.15, 0.2) is 11.7 Å². The fraction of sp³-hybridized carbons (Fsp3) is 0.381. The Morgan fingerprint density at radius 3 is 3.00 bits per heavy atom. The number of nitrogens with zero attached hydrogens (tertiary/aromatic N) is 1. The number of furan rings is 1. The summed E-state index contributed by atoms with van der Waals surface area (Å²) in [6.07, 6.45) is 4.42. The number of carbonyl (C=O) groups excluding carboxylic acids is 2. The number of carbonyl (C=O) groups is 2. The number of nitrogens with one attached hydrogen (secondary N) is 1. The molecule has 0 radical (unpaired) electrons. The number of esters is 1. The Hall–Kier alpha value is -2.87. The van der Waals surface area contributed by atoms with Crippen LogP contribution in [0.2, 0.25) is 0 Å². The number of ether oxygens (including phenoxy) is 2. The summed E-state index contributed by atoms with van der Waals surface area (Å²) in [5.41, 5.74) is 2.70. The molecule has 0 spiro atoms. The molecule has 29 heavy (non-hydrogen) atoms. The number of fused-ring (bicyclic) bond motifs is 3. The highest BCUT2D eigenvalue weighted by molar-refractivity contribution is 7.13. The largest absolute Gasteiger partial charge is 0.484 e. The fourth-order valence-corrected chi connectivity index (χ4v) is 4.17. The van der Waals surface area contributed by atoms with Crippen LogP contribution in [0.1, 0.15) is 36.8 Å². The summed E-state index contributed by atoms with van der Waals surface area (Å²) in [5.74, 6) is 1.06. The van der Waals surface area contributed by atoms with Crippen molar-refractivity contribution >= 4 is 39.3 Å². The second-order valence-electron chi connectivity index (χ2n) is 6.83. The van der Waals surface area contributed by atoms with Crippen molar-refractivity contribution < 1.29 is 23.5 Å². The maximum atomic E-state index is 12.2. The Balaban J connectivity index is 1.34. The molecule has 0 atom stereocenters. The van der Waals surface area contributed by atoms with Gasteiger partial charge in [-0.1, -0.05) is 0 Å². The summed E-state index contributed by atoms with van der Waals surface area (Å²) in [6.45, 7) is 1.96. The van der Waals surface area contributed by atoms with Crippen LogP contribution in [0.4, 0.5) is 5.13 Å². The van der Waals surface area contributed by atoms with Gasteiger partial charge in [0, 0.05) is 22.8 Å². The van der Waals surface area contributed by atoms with E-state index in [1.165, 1.54) is 23.3 Å². The first kappa shape index (κ1) is 19.4. The third kappa shape index (κ3) is 4.59. The summed E-state index contributed by atoms with van der Waals surface area (Å²) in [4.78, 5) is 27.9. The molecule has 1 aliphatic carbocycles. The number of hydrogen-bond acceptors (Lipinski definition) is 7. The molecule has 4 rings (SSSR count). The van der Waals surface area contributed by atoms with E-state index < -0.39 is 0 Å². The normalized spacial score (nSPS) is 13.1. The SMILES string of the molecule is CCOC(=O)Cc1csc(NC(=O)COc2ccc3oc4c(c3c2)CCCC4)n1. The minimum Gasteiger partial charge on any atom is -0.484 e. The van der Waals surface area contributed by atoms with E-state index in [1.807, 2.05) is 18.2 Å². The molecular weight excluding hydrogens is 392 g/mol. The minimum absolute atomic E-state index is 0.0890. The Kier molecular flexibility index (Phi) is 5.80. The van der Waals surface area contributed by atoms with E-state index >= 15 is 0 Å². The van der Waals surface area contributed by atoms with Crippen LogP contribution in [-0.4, -0.2) is 30.1 Å². The number of aryl methyl sites for hydroxylation is 2. The average Bonchev–Trinajstić information content (AvgIpc) is 3.30. The van der Waals surface area contributed by atoms with Gasteiger partial charge in [0.05, 0.1) is 18.7 Å². The van der Waals surface area contributed by atoms with E-state index in [1.54, 1.807) is 12.3 Å². The molecule has 2 heterocycles. The molecule has 1 N–H and O–H groups in total. The summed E-state index contributed by atoms with van der Waals surface area (Å²) in [6, 6.07) is 5.64. The third-order valence-corrected chi connectivity index (χ3v) is 5.53. The highest BCUT2D eigenvalue weighted by Gasteiger charge is 2.18. The van der Waals surface area contributed by atoms with Crippen molar-refractivity contribution in [2.75, 3.05) is 18.5 Å². The molecule has 7 nitrogen and oxygen atoms in total. The maximum absolute atomic E-state index is 12.2. The van der Waals surface area contributed by atoms with E-state index in [9.17, 15) is 9.59 Å². The first-order valence-corrected chi connectivity index (χ1v) is 10.6. The quantitative estimate of drug-likeness (QED) is 0.590. The molecule has 152 valence electrons. The second kappa shape index (κ2) is 8.65. The monoisotopic (exact) mass is 414 g/mol. The lowest BCUT2D eigenvalue weighted by Gasteiger charge is -2.09. The van der Waals surface area contributed by atoms with Crippen molar-refractivity contribution in [3.8, 4) is 5.75 Å². The van der Waals surface area contributed by atoms with Crippen LogP contribution in [0.3, 0.4) is 0 Å². The molecule has 0 aliphatic heterocycles. The van der Waals surface area contributed by atoms with E-state index in [0.717, 1.165) is 36.0 Å². The van der Waals surface area contributed by atoms with Crippen molar-refractivity contribution in [2.24, 2.45) is 0 Å².